The molecule has 2 aromatic carbocycles. The van der Waals surface area contributed by atoms with Crippen molar-refractivity contribution in [3.8, 4) is 0 Å². The highest BCUT2D eigenvalue weighted by Crippen LogP contribution is 2.29. The van der Waals surface area contributed by atoms with Crippen molar-refractivity contribution < 1.29 is 14.7 Å². The van der Waals surface area contributed by atoms with Gasteiger partial charge < -0.3 is 10.1 Å². The lowest BCUT2D eigenvalue weighted by Crippen LogP contribution is -2.14. The minimum Gasteiger partial charge on any atom is -0.481 e. The summed E-state index contributed by atoms with van der Waals surface area (Å²) in [6.45, 7) is 0. The fraction of sp³-hybridized carbons (Fsp3) is 0.118. The van der Waals surface area contributed by atoms with E-state index in [0.717, 1.165) is 20.8 Å². The number of aromatic nitrogens is 2. The molecule has 0 fully saturated rings. The van der Waals surface area contributed by atoms with E-state index >= 15 is 0 Å². The fourth-order valence-corrected chi connectivity index (χ4v) is 3.03. The molecule has 1 aromatic heterocycles. The number of hydrogen-bond acceptors (Lipinski definition) is 4. The highest BCUT2D eigenvalue weighted by molar-refractivity contribution is 7.99. The number of aromatic amines is 1. The molecule has 0 atom stereocenters. The van der Waals surface area contributed by atoms with Crippen molar-refractivity contribution in [2.75, 3.05) is 5.32 Å². The van der Waals surface area contributed by atoms with Crippen LogP contribution in [0.5, 0.6) is 0 Å². The van der Waals surface area contributed by atoms with E-state index in [1.165, 1.54) is 0 Å². The zero-order valence-electron chi connectivity index (χ0n) is 12.7. The number of carbonyl (C=O) groups is 2. The van der Waals surface area contributed by atoms with Gasteiger partial charge in [0.05, 0.1) is 17.5 Å². The molecule has 0 aliphatic heterocycles. The van der Waals surface area contributed by atoms with Crippen LogP contribution in [0.2, 0.25) is 0 Å². The Morgan fingerprint density at radius 3 is 2.62 bits per heavy atom. The minimum absolute atomic E-state index is 0.0819. The molecule has 3 aromatic rings. The van der Waals surface area contributed by atoms with Gasteiger partial charge in [-0.05, 0) is 30.3 Å². The quantitative estimate of drug-likeness (QED) is 0.637. The van der Waals surface area contributed by atoms with Gasteiger partial charge in [0.15, 0.2) is 0 Å². The standard InChI is InChI=1S/C17H15N3O3S/c21-15(8-9-16(22)23)20-17-18-13-7-6-12(10-14(13)19-17)24-11-4-2-1-3-5-11/h1-7,10H,8-9H2,(H,22,23)(H2,18,19,20,21). The molecule has 1 amide bonds. The second kappa shape index (κ2) is 7.18. The van der Waals surface area contributed by atoms with Gasteiger partial charge in [-0.1, -0.05) is 30.0 Å². The van der Waals surface area contributed by atoms with Gasteiger partial charge >= 0.3 is 5.97 Å². The van der Waals surface area contributed by atoms with Crippen LogP contribution in [-0.4, -0.2) is 27.0 Å². The van der Waals surface area contributed by atoms with E-state index in [4.69, 9.17) is 5.11 Å². The highest BCUT2D eigenvalue weighted by atomic mass is 32.2. The van der Waals surface area contributed by atoms with Gasteiger partial charge in [0, 0.05) is 16.2 Å². The molecule has 0 aliphatic carbocycles. The zero-order valence-corrected chi connectivity index (χ0v) is 13.5. The van der Waals surface area contributed by atoms with Crippen molar-refractivity contribution in [3.63, 3.8) is 0 Å². The molecule has 0 unspecified atom stereocenters. The number of fused-ring (bicyclic) bond motifs is 1. The number of H-pyrrole nitrogens is 1. The second-order valence-electron chi connectivity index (χ2n) is 5.12. The SMILES string of the molecule is O=C(O)CCC(=O)Nc1nc2ccc(Sc3ccccc3)cc2[nH]1. The lowest BCUT2D eigenvalue weighted by Gasteiger charge is -2.00. The normalized spacial score (nSPS) is 10.7. The van der Waals surface area contributed by atoms with Crippen molar-refractivity contribution in [2.24, 2.45) is 0 Å². The summed E-state index contributed by atoms with van der Waals surface area (Å²) in [7, 11) is 0. The fourth-order valence-electron chi connectivity index (χ4n) is 2.15. The Bertz CT molecular complexity index is 877. The Hall–Kier alpha value is -2.80. The van der Waals surface area contributed by atoms with Crippen LogP contribution < -0.4 is 5.32 Å². The van der Waals surface area contributed by atoms with Gasteiger partial charge in [-0.3, -0.25) is 14.9 Å². The maximum absolute atomic E-state index is 11.7. The van der Waals surface area contributed by atoms with Crippen LogP contribution in [0, 0.1) is 0 Å². The molecule has 0 aliphatic rings. The van der Waals surface area contributed by atoms with Crippen LogP contribution in [0.1, 0.15) is 12.8 Å². The van der Waals surface area contributed by atoms with E-state index in [1.807, 2.05) is 48.5 Å². The molecule has 3 N–H and O–H groups in total. The second-order valence-corrected chi connectivity index (χ2v) is 6.27. The topological polar surface area (TPSA) is 95.1 Å². The van der Waals surface area contributed by atoms with Gasteiger partial charge in [0.2, 0.25) is 11.9 Å². The van der Waals surface area contributed by atoms with E-state index < -0.39 is 5.97 Å². The van der Waals surface area contributed by atoms with Crippen LogP contribution in [0.4, 0.5) is 5.95 Å². The number of benzene rings is 2. The number of nitrogens with zero attached hydrogens (tertiary/aromatic N) is 1. The Morgan fingerprint density at radius 1 is 1.08 bits per heavy atom. The molecule has 1 heterocycles. The average Bonchev–Trinajstić information content (AvgIpc) is 2.95. The van der Waals surface area contributed by atoms with Crippen LogP contribution in [0.25, 0.3) is 11.0 Å². The third-order valence-corrected chi connectivity index (χ3v) is 4.25. The Morgan fingerprint density at radius 2 is 1.88 bits per heavy atom. The van der Waals surface area contributed by atoms with Crippen LogP contribution in [0.3, 0.4) is 0 Å². The number of carboxylic acid groups (broad SMARTS) is 1. The summed E-state index contributed by atoms with van der Waals surface area (Å²) in [6.07, 6.45) is -0.286. The molecular formula is C17H15N3O3S. The third kappa shape index (κ3) is 4.14. The van der Waals surface area contributed by atoms with Crippen LogP contribution in [0.15, 0.2) is 58.3 Å². The summed E-state index contributed by atoms with van der Waals surface area (Å²) in [5.74, 6) is -1.06. The molecule has 122 valence electrons. The molecule has 3 rings (SSSR count). The monoisotopic (exact) mass is 341 g/mol. The summed E-state index contributed by atoms with van der Waals surface area (Å²) < 4.78 is 0. The van der Waals surface area contributed by atoms with Gasteiger partial charge in [-0.25, -0.2) is 4.98 Å². The van der Waals surface area contributed by atoms with E-state index in [9.17, 15) is 9.59 Å². The van der Waals surface area contributed by atoms with Crippen molar-refractivity contribution in [1.82, 2.24) is 9.97 Å². The molecule has 0 bridgehead atoms. The van der Waals surface area contributed by atoms with Crippen LogP contribution in [-0.2, 0) is 9.59 Å². The van der Waals surface area contributed by atoms with Gasteiger partial charge in [0.25, 0.3) is 0 Å². The van der Waals surface area contributed by atoms with E-state index in [2.05, 4.69) is 15.3 Å². The predicted molar refractivity (Wildman–Crippen MR) is 92.2 cm³/mol. The van der Waals surface area contributed by atoms with Gasteiger partial charge in [-0.15, -0.1) is 0 Å². The number of rotatable bonds is 6. The molecule has 6 nitrogen and oxygen atoms in total. The van der Waals surface area contributed by atoms with E-state index in [0.29, 0.717) is 5.95 Å². The predicted octanol–water partition coefficient (Wildman–Crippen LogP) is 3.52. The number of anilines is 1. The number of nitrogens with one attached hydrogen (secondary N) is 2. The first kappa shape index (κ1) is 16.1. The number of imidazole rings is 1. The van der Waals surface area contributed by atoms with Crippen molar-refractivity contribution >= 4 is 40.6 Å². The zero-order chi connectivity index (χ0) is 16.9. The van der Waals surface area contributed by atoms with Crippen LogP contribution >= 0.6 is 11.8 Å². The van der Waals surface area contributed by atoms with Gasteiger partial charge in [-0.2, -0.15) is 0 Å². The Kier molecular flexibility index (Phi) is 4.81. The lowest BCUT2D eigenvalue weighted by atomic mass is 10.3. The first-order chi connectivity index (χ1) is 11.6. The number of aliphatic carboxylic acids is 1. The van der Waals surface area contributed by atoms with E-state index in [-0.39, 0.29) is 18.7 Å². The molecule has 7 heteroatoms. The summed E-state index contributed by atoms with van der Waals surface area (Å²) in [4.78, 5) is 31.7. The van der Waals surface area contributed by atoms with Gasteiger partial charge in [0.1, 0.15) is 0 Å². The average molecular weight is 341 g/mol. The maximum atomic E-state index is 11.7. The lowest BCUT2D eigenvalue weighted by molar-refractivity contribution is -0.138. The Balaban J connectivity index is 1.72. The largest absolute Gasteiger partial charge is 0.481 e. The van der Waals surface area contributed by atoms with Crippen molar-refractivity contribution in [2.45, 2.75) is 22.6 Å². The highest BCUT2D eigenvalue weighted by Gasteiger charge is 2.09. The summed E-state index contributed by atoms with van der Waals surface area (Å²) in [5, 5.41) is 11.2. The van der Waals surface area contributed by atoms with Crippen molar-refractivity contribution in [1.29, 1.82) is 0 Å². The first-order valence-corrected chi connectivity index (χ1v) is 8.16. The Labute approximate surface area is 142 Å². The third-order valence-electron chi connectivity index (χ3n) is 3.26. The van der Waals surface area contributed by atoms with E-state index in [1.54, 1.807) is 11.8 Å². The maximum Gasteiger partial charge on any atom is 0.303 e. The molecule has 24 heavy (non-hydrogen) atoms. The smallest absolute Gasteiger partial charge is 0.303 e. The molecule has 0 spiro atoms. The molecule has 0 radical (unpaired) electrons. The molecule has 0 saturated carbocycles. The van der Waals surface area contributed by atoms with Crippen molar-refractivity contribution in [3.05, 3.63) is 48.5 Å². The number of carboxylic acids is 1. The molecular weight excluding hydrogens is 326 g/mol. The summed E-state index contributed by atoms with van der Waals surface area (Å²) in [6, 6.07) is 15.8. The minimum atomic E-state index is -1.00. The number of amides is 1. The number of carbonyl (C=O) groups excluding carboxylic acids is 1. The first-order valence-electron chi connectivity index (χ1n) is 7.34. The summed E-state index contributed by atoms with van der Waals surface area (Å²) in [5.41, 5.74) is 1.55. The summed E-state index contributed by atoms with van der Waals surface area (Å²) >= 11 is 1.64. The number of hydrogen-bond donors (Lipinski definition) is 3. The molecule has 0 saturated heterocycles.